The molecule has 3 aliphatic rings. The Kier molecular flexibility index (Phi) is 11.5. The number of aromatic amines is 2. The van der Waals surface area contributed by atoms with E-state index in [1.54, 1.807) is 9.80 Å². The van der Waals surface area contributed by atoms with Crippen LogP contribution >= 0.6 is 0 Å². The number of hydrogen-bond donors (Lipinski definition) is 4. The Bertz CT molecular complexity index is 2410. The summed E-state index contributed by atoms with van der Waals surface area (Å²) in [5.41, 5.74) is 6.78. The molecule has 5 heterocycles. The summed E-state index contributed by atoms with van der Waals surface area (Å²) in [5, 5.41) is 5.48. The van der Waals surface area contributed by atoms with E-state index in [0.29, 0.717) is 36.8 Å². The van der Waals surface area contributed by atoms with Gasteiger partial charge in [-0.05, 0) is 58.4 Å². The third-order valence-electron chi connectivity index (χ3n) is 12.1. The molecule has 0 saturated carbocycles. The van der Waals surface area contributed by atoms with Gasteiger partial charge in [0, 0.05) is 25.4 Å². The zero-order valence-electron chi connectivity index (χ0n) is 35.1. The summed E-state index contributed by atoms with van der Waals surface area (Å²) in [6, 6.07) is 17.6. The second-order valence-corrected chi connectivity index (χ2v) is 16.9. The minimum atomic E-state index is -2.91. The fourth-order valence-corrected chi connectivity index (χ4v) is 8.72. The van der Waals surface area contributed by atoms with Crippen LogP contribution in [0.4, 0.5) is 18.4 Å². The van der Waals surface area contributed by atoms with Gasteiger partial charge >= 0.3 is 12.2 Å². The maximum atomic E-state index is 14.9. The number of imidazole rings is 2. The number of fused-ring (bicyclic) bond motifs is 2. The molecular formula is C44H52F2N8O7. The van der Waals surface area contributed by atoms with Crippen molar-refractivity contribution >= 4 is 40.2 Å². The molecule has 0 aliphatic carbocycles. The second-order valence-electron chi connectivity index (χ2n) is 16.9. The number of nitrogens with zero attached hydrogens (tertiary/aromatic N) is 4. The predicted molar refractivity (Wildman–Crippen MR) is 223 cm³/mol. The number of benzene rings is 3. The zero-order valence-corrected chi connectivity index (χ0v) is 35.1. The van der Waals surface area contributed by atoms with Crippen LogP contribution in [-0.2, 0) is 23.7 Å². The molecule has 3 amide bonds. The number of carbonyl (C=O) groups excluding carboxylic acids is 3. The lowest BCUT2D eigenvalue weighted by Gasteiger charge is -2.30. The SMILES string of the molecule is COC(=O)NC(CN1CC(F)(F)CC1c1nc2ccc(-c3ccc(-c4ccc5nc(C6CC7(CN6C(=O)C(NC(=O)OC)C(C)C)OCCO7)[nH]c5c4)cc3)cc2[nH]1)C(C)C. The number of alkyl halides is 2. The van der Waals surface area contributed by atoms with Crippen molar-refractivity contribution < 1.29 is 42.1 Å². The van der Waals surface area contributed by atoms with E-state index in [9.17, 15) is 23.2 Å². The van der Waals surface area contributed by atoms with Gasteiger partial charge in [0.25, 0.3) is 5.92 Å². The van der Waals surface area contributed by atoms with Crippen molar-refractivity contribution in [3.63, 3.8) is 0 Å². The number of aromatic nitrogens is 4. The molecule has 61 heavy (non-hydrogen) atoms. The minimum Gasteiger partial charge on any atom is -0.453 e. The van der Waals surface area contributed by atoms with Crippen molar-refractivity contribution in [1.82, 2.24) is 40.4 Å². The molecule has 4 N–H and O–H groups in total. The Balaban J connectivity index is 1.00. The molecule has 0 radical (unpaired) electrons. The summed E-state index contributed by atoms with van der Waals surface area (Å²) < 4.78 is 51.4. The number of hydrogen-bond acceptors (Lipinski definition) is 10. The summed E-state index contributed by atoms with van der Waals surface area (Å²) in [5.74, 6) is -3.31. The standard InChI is InChI=1S/C44H52F2N8O7/c1-24(2)34(51-41(56)58-5)21-53-22-43(45,46)19-35(53)38-47-30-13-11-28(17-32(30)49-38)26-7-9-27(10-8-26)29-12-14-31-33(18-29)50-39(48-31)36-20-44(60-15-16-61-44)23-54(36)40(55)37(25(3)4)52-42(57)59-6/h7-14,17-18,24-25,34-37H,15-16,19-23H2,1-6H3,(H,47,49)(H,48,50)(H,51,56)(H,52,57). The van der Waals surface area contributed by atoms with E-state index in [0.717, 1.165) is 38.8 Å². The van der Waals surface area contributed by atoms with Crippen molar-refractivity contribution in [1.29, 1.82) is 0 Å². The number of nitrogens with one attached hydrogen (secondary N) is 4. The monoisotopic (exact) mass is 842 g/mol. The highest BCUT2D eigenvalue weighted by Gasteiger charge is 2.53. The first kappa shape index (κ1) is 42.1. The van der Waals surface area contributed by atoms with Crippen molar-refractivity contribution in [2.45, 2.75) is 76.4 Å². The van der Waals surface area contributed by atoms with Crippen LogP contribution in [0.1, 0.15) is 64.3 Å². The molecule has 1 spiro atoms. The highest BCUT2D eigenvalue weighted by molar-refractivity contribution is 5.87. The Labute approximate surface area is 351 Å². The largest absolute Gasteiger partial charge is 0.453 e. The second kappa shape index (κ2) is 16.7. The van der Waals surface area contributed by atoms with Crippen LogP contribution in [0.2, 0.25) is 0 Å². The number of amides is 3. The van der Waals surface area contributed by atoms with Crippen molar-refractivity contribution in [3.8, 4) is 22.3 Å². The molecule has 5 aromatic rings. The van der Waals surface area contributed by atoms with E-state index >= 15 is 0 Å². The fourth-order valence-electron chi connectivity index (χ4n) is 8.72. The molecule has 15 nitrogen and oxygen atoms in total. The molecule has 3 fully saturated rings. The number of ether oxygens (including phenoxy) is 4. The average Bonchev–Trinajstić information content (AvgIpc) is 4.09. The summed E-state index contributed by atoms with van der Waals surface area (Å²) in [7, 11) is 2.54. The lowest BCUT2D eigenvalue weighted by molar-refractivity contribution is -0.153. The fraction of sp³-hybridized carbons (Fsp3) is 0.477. The highest BCUT2D eigenvalue weighted by atomic mass is 19.3. The number of H-pyrrole nitrogens is 2. The molecule has 0 bridgehead atoms. The van der Waals surface area contributed by atoms with Crippen LogP contribution in [0.3, 0.4) is 0 Å². The van der Waals surface area contributed by atoms with Crippen LogP contribution in [0.25, 0.3) is 44.3 Å². The first-order chi connectivity index (χ1) is 29.1. The Morgan fingerprint density at radius 3 is 1.80 bits per heavy atom. The smallest absolute Gasteiger partial charge is 0.407 e. The van der Waals surface area contributed by atoms with Crippen LogP contribution in [0.5, 0.6) is 0 Å². The molecule has 2 aromatic heterocycles. The maximum Gasteiger partial charge on any atom is 0.407 e. The predicted octanol–water partition coefficient (Wildman–Crippen LogP) is 6.93. The number of alkyl carbamates (subject to hydrolysis) is 2. The average molecular weight is 843 g/mol. The first-order valence-electron chi connectivity index (χ1n) is 20.6. The maximum absolute atomic E-state index is 14.9. The Hall–Kier alpha value is -5.65. The van der Waals surface area contributed by atoms with Crippen molar-refractivity contribution in [2.24, 2.45) is 11.8 Å². The number of rotatable bonds is 11. The highest BCUT2D eigenvalue weighted by Crippen LogP contribution is 2.44. The normalized spacial score (nSPS) is 20.9. The molecular weight excluding hydrogens is 791 g/mol. The molecule has 4 unspecified atom stereocenters. The lowest BCUT2D eigenvalue weighted by atomic mass is 10.00. The Morgan fingerprint density at radius 2 is 1.28 bits per heavy atom. The number of methoxy groups -OCH3 is 2. The first-order valence-corrected chi connectivity index (χ1v) is 20.6. The Morgan fingerprint density at radius 1 is 0.754 bits per heavy atom. The topological polar surface area (TPSA) is 176 Å². The zero-order chi connectivity index (χ0) is 43.2. The van der Waals surface area contributed by atoms with E-state index in [-0.39, 0.29) is 43.3 Å². The van der Waals surface area contributed by atoms with Gasteiger partial charge in [0.1, 0.15) is 17.7 Å². The van der Waals surface area contributed by atoms with E-state index in [1.165, 1.54) is 14.2 Å². The third-order valence-corrected chi connectivity index (χ3v) is 12.1. The molecule has 17 heteroatoms. The molecule has 8 rings (SSSR count). The lowest BCUT2D eigenvalue weighted by Crippen LogP contribution is -2.52. The van der Waals surface area contributed by atoms with E-state index in [2.05, 4.69) is 20.6 Å². The molecule has 3 saturated heterocycles. The third kappa shape index (κ3) is 8.63. The number of likely N-dealkylation sites (tertiary alicyclic amines) is 2. The van der Waals surface area contributed by atoms with Gasteiger partial charge in [-0.2, -0.15) is 0 Å². The summed E-state index contributed by atoms with van der Waals surface area (Å²) in [4.78, 5) is 58.0. The van der Waals surface area contributed by atoms with Crippen LogP contribution in [0, 0.1) is 11.8 Å². The summed E-state index contributed by atoms with van der Waals surface area (Å²) in [6.45, 7) is 8.41. The van der Waals surface area contributed by atoms with Crippen molar-refractivity contribution in [3.05, 3.63) is 72.3 Å². The molecule has 3 aliphatic heterocycles. The van der Waals surface area contributed by atoms with Crippen LogP contribution in [0.15, 0.2) is 60.7 Å². The minimum absolute atomic E-state index is 0.00890. The number of halogens is 2. The van der Waals surface area contributed by atoms with Gasteiger partial charge < -0.3 is 44.4 Å². The quantitative estimate of drug-likeness (QED) is 0.109. The summed E-state index contributed by atoms with van der Waals surface area (Å²) >= 11 is 0. The van der Waals surface area contributed by atoms with Gasteiger partial charge in [0.05, 0.1) is 74.7 Å². The molecule has 324 valence electrons. The summed E-state index contributed by atoms with van der Waals surface area (Å²) in [6.07, 6.45) is -1.28. The van der Waals surface area contributed by atoms with Gasteiger partial charge in [-0.1, -0.05) is 64.1 Å². The van der Waals surface area contributed by atoms with E-state index < -0.39 is 48.6 Å². The molecule has 3 aromatic carbocycles. The van der Waals surface area contributed by atoms with E-state index in [1.807, 2.05) is 88.4 Å². The van der Waals surface area contributed by atoms with Crippen molar-refractivity contribution in [2.75, 3.05) is 47.1 Å². The van der Waals surface area contributed by atoms with Crippen LogP contribution in [-0.4, -0.2) is 119 Å². The van der Waals surface area contributed by atoms with Gasteiger partial charge in [-0.25, -0.2) is 28.3 Å². The van der Waals surface area contributed by atoms with Gasteiger partial charge in [0.15, 0.2) is 5.79 Å². The van der Waals surface area contributed by atoms with Gasteiger partial charge in [-0.15, -0.1) is 0 Å². The van der Waals surface area contributed by atoms with Crippen LogP contribution < -0.4 is 10.6 Å². The van der Waals surface area contributed by atoms with Gasteiger partial charge in [0.2, 0.25) is 5.91 Å². The van der Waals surface area contributed by atoms with E-state index in [4.69, 9.17) is 28.9 Å². The van der Waals surface area contributed by atoms with Gasteiger partial charge in [-0.3, -0.25) is 9.69 Å². The number of carbonyl (C=O) groups is 3. The molecule has 4 atom stereocenters.